The van der Waals surface area contributed by atoms with E-state index in [1.165, 1.54) is 0 Å². The van der Waals surface area contributed by atoms with Crippen molar-refractivity contribution >= 4 is 5.78 Å². The van der Waals surface area contributed by atoms with E-state index in [1.54, 1.807) is 0 Å². The SMILES string of the molecule is C=C(CC)CC(=O)COc1ccccc1. The van der Waals surface area contributed by atoms with E-state index in [0.29, 0.717) is 6.42 Å². The molecule has 0 saturated heterocycles. The number of para-hydroxylation sites is 1. The summed E-state index contributed by atoms with van der Waals surface area (Å²) in [5, 5.41) is 0. The molecular weight excluding hydrogens is 188 g/mol. The van der Waals surface area contributed by atoms with Gasteiger partial charge in [-0.3, -0.25) is 4.79 Å². The van der Waals surface area contributed by atoms with Crippen LogP contribution >= 0.6 is 0 Å². The van der Waals surface area contributed by atoms with Crippen LogP contribution < -0.4 is 4.74 Å². The third kappa shape index (κ3) is 4.45. The van der Waals surface area contributed by atoms with Gasteiger partial charge in [-0.1, -0.05) is 37.3 Å². The molecule has 1 aromatic rings. The Morgan fingerprint density at radius 1 is 1.33 bits per heavy atom. The molecular formula is C13H16O2. The molecule has 0 aliphatic rings. The molecule has 0 aliphatic carbocycles. The molecule has 0 unspecified atom stereocenters. The number of ether oxygens (including phenoxy) is 1. The molecule has 0 spiro atoms. The maximum Gasteiger partial charge on any atom is 0.174 e. The standard InChI is InChI=1S/C13H16O2/c1-3-11(2)9-12(14)10-15-13-7-5-4-6-8-13/h4-8H,2-3,9-10H2,1H3. The highest BCUT2D eigenvalue weighted by molar-refractivity contribution is 5.82. The number of ketones is 1. The van der Waals surface area contributed by atoms with Crippen LogP contribution in [-0.2, 0) is 4.79 Å². The second kappa shape index (κ2) is 6.02. The van der Waals surface area contributed by atoms with E-state index in [9.17, 15) is 4.79 Å². The Bertz CT molecular complexity index is 328. The topological polar surface area (TPSA) is 26.3 Å². The van der Waals surface area contributed by atoms with E-state index >= 15 is 0 Å². The van der Waals surface area contributed by atoms with E-state index in [4.69, 9.17) is 4.74 Å². The normalized spacial score (nSPS) is 9.67. The molecule has 0 amide bonds. The summed E-state index contributed by atoms with van der Waals surface area (Å²) in [5.41, 5.74) is 0.955. The summed E-state index contributed by atoms with van der Waals surface area (Å²) in [7, 11) is 0. The van der Waals surface area contributed by atoms with Crippen LogP contribution in [0.25, 0.3) is 0 Å². The molecule has 2 heteroatoms. The van der Waals surface area contributed by atoms with Crippen LogP contribution in [0.3, 0.4) is 0 Å². The molecule has 0 atom stereocenters. The molecule has 0 aromatic heterocycles. The zero-order chi connectivity index (χ0) is 11.1. The van der Waals surface area contributed by atoms with Crippen molar-refractivity contribution in [2.45, 2.75) is 19.8 Å². The first-order chi connectivity index (χ1) is 7.22. The minimum absolute atomic E-state index is 0.0747. The number of hydrogen-bond acceptors (Lipinski definition) is 2. The van der Waals surface area contributed by atoms with E-state index < -0.39 is 0 Å². The molecule has 0 heterocycles. The predicted molar refractivity (Wildman–Crippen MR) is 61.0 cm³/mol. The first-order valence-electron chi connectivity index (χ1n) is 5.08. The van der Waals surface area contributed by atoms with Crippen molar-refractivity contribution in [3.05, 3.63) is 42.5 Å². The average Bonchev–Trinajstić information content (AvgIpc) is 2.27. The maximum atomic E-state index is 11.4. The average molecular weight is 204 g/mol. The van der Waals surface area contributed by atoms with E-state index in [2.05, 4.69) is 6.58 Å². The van der Waals surface area contributed by atoms with Crippen molar-refractivity contribution in [2.75, 3.05) is 6.61 Å². The molecule has 15 heavy (non-hydrogen) atoms. The highest BCUT2D eigenvalue weighted by Gasteiger charge is 2.04. The second-order valence-corrected chi connectivity index (χ2v) is 3.42. The first-order valence-corrected chi connectivity index (χ1v) is 5.08. The van der Waals surface area contributed by atoms with Crippen LogP contribution in [-0.4, -0.2) is 12.4 Å². The lowest BCUT2D eigenvalue weighted by Gasteiger charge is -2.05. The molecule has 80 valence electrons. The molecule has 0 saturated carbocycles. The number of rotatable bonds is 6. The van der Waals surface area contributed by atoms with Gasteiger partial charge in [0.05, 0.1) is 0 Å². The number of hydrogen-bond donors (Lipinski definition) is 0. The summed E-state index contributed by atoms with van der Waals surface area (Å²) in [6, 6.07) is 9.34. The fourth-order valence-corrected chi connectivity index (χ4v) is 1.14. The van der Waals surface area contributed by atoms with Gasteiger partial charge >= 0.3 is 0 Å². The van der Waals surface area contributed by atoms with E-state index in [0.717, 1.165) is 17.7 Å². The summed E-state index contributed by atoms with van der Waals surface area (Å²) in [5.74, 6) is 0.804. The predicted octanol–water partition coefficient (Wildman–Crippen LogP) is 2.99. The van der Waals surface area contributed by atoms with Gasteiger partial charge in [0.25, 0.3) is 0 Å². The van der Waals surface area contributed by atoms with Gasteiger partial charge in [0.2, 0.25) is 0 Å². The Kier molecular flexibility index (Phi) is 4.61. The van der Waals surface area contributed by atoms with Gasteiger partial charge in [0.1, 0.15) is 12.4 Å². The van der Waals surface area contributed by atoms with Crippen LogP contribution in [0.2, 0.25) is 0 Å². The maximum absolute atomic E-state index is 11.4. The van der Waals surface area contributed by atoms with Crippen molar-refractivity contribution in [3.63, 3.8) is 0 Å². The zero-order valence-electron chi connectivity index (χ0n) is 9.03. The Hall–Kier alpha value is -1.57. The lowest BCUT2D eigenvalue weighted by atomic mass is 10.1. The molecule has 0 radical (unpaired) electrons. The summed E-state index contributed by atoms with van der Waals surface area (Å²) in [4.78, 5) is 11.4. The Labute approximate surface area is 90.6 Å². The molecule has 0 N–H and O–H groups in total. The highest BCUT2D eigenvalue weighted by Crippen LogP contribution is 2.09. The van der Waals surface area contributed by atoms with Crippen molar-refractivity contribution in [3.8, 4) is 5.75 Å². The van der Waals surface area contributed by atoms with Crippen LogP contribution in [0.5, 0.6) is 5.75 Å². The van der Waals surface area contributed by atoms with Crippen LogP contribution in [0.4, 0.5) is 0 Å². The number of benzene rings is 1. The summed E-state index contributed by atoms with van der Waals surface area (Å²) in [6.45, 7) is 5.91. The van der Waals surface area contributed by atoms with Gasteiger partial charge in [-0.05, 0) is 18.6 Å². The molecule has 1 rings (SSSR count). The fraction of sp³-hybridized carbons (Fsp3) is 0.308. The Morgan fingerprint density at radius 3 is 2.60 bits per heavy atom. The quantitative estimate of drug-likeness (QED) is 0.666. The Balaban J connectivity index is 2.32. The number of allylic oxidation sites excluding steroid dienone is 1. The van der Waals surface area contributed by atoms with Gasteiger partial charge in [-0.15, -0.1) is 0 Å². The van der Waals surface area contributed by atoms with E-state index in [-0.39, 0.29) is 12.4 Å². The van der Waals surface area contributed by atoms with Gasteiger partial charge in [-0.2, -0.15) is 0 Å². The number of carbonyl (C=O) groups is 1. The minimum atomic E-state index is 0.0747. The largest absolute Gasteiger partial charge is 0.486 e. The number of carbonyl (C=O) groups excluding carboxylic acids is 1. The van der Waals surface area contributed by atoms with Gasteiger partial charge < -0.3 is 4.74 Å². The minimum Gasteiger partial charge on any atom is -0.486 e. The van der Waals surface area contributed by atoms with Crippen LogP contribution in [0.1, 0.15) is 19.8 Å². The molecule has 0 bridgehead atoms. The zero-order valence-corrected chi connectivity index (χ0v) is 9.03. The molecule has 1 aromatic carbocycles. The van der Waals surface area contributed by atoms with Crippen molar-refractivity contribution in [1.29, 1.82) is 0 Å². The van der Waals surface area contributed by atoms with Crippen molar-refractivity contribution in [2.24, 2.45) is 0 Å². The number of Topliss-reactive ketones (excluding diaryl/α,β-unsaturated/α-hetero) is 1. The van der Waals surface area contributed by atoms with E-state index in [1.807, 2.05) is 37.3 Å². The lowest BCUT2D eigenvalue weighted by Crippen LogP contribution is -2.11. The van der Waals surface area contributed by atoms with Gasteiger partial charge in [-0.25, -0.2) is 0 Å². The first kappa shape index (κ1) is 11.5. The van der Waals surface area contributed by atoms with Gasteiger partial charge in [0, 0.05) is 6.42 Å². The smallest absolute Gasteiger partial charge is 0.174 e. The third-order valence-electron chi connectivity index (χ3n) is 2.09. The lowest BCUT2D eigenvalue weighted by molar-refractivity contribution is -0.120. The Morgan fingerprint density at radius 2 is 2.00 bits per heavy atom. The summed E-state index contributed by atoms with van der Waals surface area (Å²) in [6.07, 6.45) is 1.26. The van der Waals surface area contributed by atoms with Crippen molar-refractivity contribution in [1.82, 2.24) is 0 Å². The molecule has 0 fully saturated rings. The van der Waals surface area contributed by atoms with Crippen LogP contribution in [0.15, 0.2) is 42.5 Å². The second-order valence-electron chi connectivity index (χ2n) is 3.42. The van der Waals surface area contributed by atoms with Crippen LogP contribution in [0, 0.1) is 0 Å². The fourth-order valence-electron chi connectivity index (χ4n) is 1.14. The van der Waals surface area contributed by atoms with Crippen molar-refractivity contribution < 1.29 is 9.53 Å². The monoisotopic (exact) mass is 204 g/mol. The molecule has 2 nitrogen and oxygen atoms in total. The van der Waals surface area contributed by atoms with Gasteiger partial charge in [0.15, 0.2) is 5.78 Å². The molecule has 0 aliphatic heterocycles. The summed E-state index contributed by atoms with van der Waals surface area (Å²) < 4.78 is 5.32. The third-order valence-corrected chi connectivity index (χ3v) is 2.09. The summed E-state index contributed by atoms with van der Waals surface area (Å²) >= 11 is 0. The highest BCUT2D eigenvalue weighted by atomic mass is 16.5.